The van der Waals surface area contributed by atoms with E-state index in [0.717, 1.165) is 16.7 Å². The Kier molecular flexibility index (Phi) is 6.34. The molecule has 1 N–H and O–H groups in total. The van der Waals surface area contributed by atoms with E-state index in [2.05, 4.69) is 10.5 Å². The molecule has 0 spiro atoms. The van der Waals surface area contributed by atoms with Crippen molar-refractivity contribution in [2.24, 2.45) is 0 Å². The van der Waals surface area contributed by atoms with Crippen LogP contribution in [0.1, 0.15) is 29.8 Å². The lowest BCUT2D eigenvalue weighted by Crippen LogP contribution is -2.17. The molecule has 0 aliphatic heterocycles. The van der Waals surface area contributed by atoms with Crippen LogP contribution in [-0.2, 0) is 16.1 Å². The second-order valence-corrected chi connectivity index (χ2v) is 6.71. The number of ether oxygens (including phenoxy) is 2. The van der Waals surface area contributed by atoms with Crippen molar-refractivity contribution in [3.05, 3.63) is 70.4 Å². The van der Waals surface area contributed by atoms with Crippen LogP contribution >= 0.6 is 11.6 Å². The van der Waals surface area contributed by atoms with E-state index in [1.54, 1.807) is 27.0 Å². The predicted octanol–water partition coefficient (Wildman–Crippen LogP) is 5.76. The fraction of sp³-hybridized carbons (Fsp3) is 0.238. The zero-order valence-corrected chi connectivity index (χ0v) is 16.6. The molecule has 2 aromatic carbocycles. The highest BCUT2D eigenvalue weighted by Crippen LogP contribution is 2.32. The van der Waals surface area contributed by atoms with Gasteiger partial charge in [0.05, 0.1) is 6.61 Å². The summed E-state index contributed by atoms with van der Waals surface area (Å²) in [6.07, 6.45) is -1.13. The quantitative estimate of drug-likeness (QED) is 0.569. The molecule has 0 fully saturated rings. The summed E-state index contributed by atoms with van der Waals surface area (Å²) >= 11 is 6.17. The molecule has 146 valence electrons. The van der Waals surface area contributed by atoms with Crippen molar-refractivity contribution < 1.29 is 18.8 Å². The Balaban J connectivity index is 1.78. The van der Waals surface area contributed by atoms with E-state index in [1.165, 1.54) is 0 Å². The van der Waals surface area contributed by atoms with Gasteiger partial charge in [-0.2, -0.15) is 0 Å². The van der Waals surface area contributed by atoms with Gasteiger partial charge in [-0.15, -0.1) is 0 Å². The summed E-state index contributed by atoms with van der Waals surface area (Å²) in [4.78, 5) is 12.4. The maximum Gasteiger partial charge on any atom is 0.412 e. The normalized spacial score (nSPS) is 11.9. The first kappa shape index (κ1) is 19.9. The minimum Gasteiger partial charge on any atom is -0.441 e. The number of benzene rings is 2. The topological polar surface area (TPSA) is 73.6 Å². The van der Waals surface area contributed by atoms with Gasteiger partial charge in [-0.1, -0.05) is 53.2 Å². The molecular weight excluding hydrogens is 380 g/mol. The number of nitrogens with one attached hydrogen (secondary N) is 1. The minimum absolute atomic E-state index is 0.456. The van der Waals surface area contributed by atoms with E-state index in [-0.39, 0.29) is 0 Å². The van der Waals surface area contributed by atoms with E-state index in [1.807, 2.05) is 42.5 Å². The van der Waals surface area contributed by atoms with Gasteiger partial charge in [-0.3, -0.25) is 5.32 Å². The fourth-order valence-electron chi connectivity index (χ4n) is 2.84. The average Bonchev–Trinajstić information content (AvgIpc) is 3.03. The number of aryl methyl sites for hydroxylation is 1. The molecule has 7 heteroatoms. The van der Waals surface area contributed by atoms with E-state index in [4.69, 9.17) is 25.6 Å². The predicted molar refractivity (Wildman–Crippen MR) is 107 cm³/mol. The molecule has 0 aliphatic rings. The van der Waals surface area contributed by atoms with E-state index >= 15 is 0 Å². The molecule has 1 unspecified atom stereocenters. The van der Waals surface area contributed by atoms with Gasteiger partial charge in [0.15, 0.2) is 5.76 Å². The third kappa shape index (κ3) is 4.52. The Morgan fingerprint density at radius 1 is 1.25 bits per heavy atom. The summed E-state index contributed by atoms with van der Waals surface area (Å²) in [6.45, 7) is 3.98. The molecule has 1 heterocycles. The van der Waals surface area contributed by atoms with E-state index < -0.39 is 12.2 Å². The molecule has 0 aliphatic carbocycles. The number of carbonyl (C=O) groups is 1. The Morgan fingerprint density at radius 2 is 2.04 bits per heavy atom. The standard InChI is InChI=1S/C21H21ClN2O4/c1-13-19(20(28-24-13)16-8-6-7-15(11-16)12-26-3)23-21(25)27-14(2)17-9-4-5-10-18(17)22/h4-11,14H,12H2,1-3H3,(H,23,25). The second kappa shape index (κ2) is 8.91. The van der Waals surface area contributed by atoms with Crippen LogP contribution < -0.4 is 5.32 Å². The molecular formula is C21H21ClN2O4. The molecule has 0 bridgehead atoms. The van der Waals surface area contributed by atoms with Crippen LogP contribution in [0.15, 0.2) is 53.1 Å². The zero-order chi connectivity index (χ0) is 20.1. The van der Waals surface area contributed by atoms with Gasteiger partial charge < -0.3 is 14.0 Å². The molecule has 0 saturated carbocycles. The van der Waals surface area contributed by atoms with Crippen molar-refractivity contribution in [2.45, 2.75) is 26.6 Å². The summed E-state index contributed by atoms with van der Waals surface area (Å²) in [5, 5.41) is 7.25. The molecule has 0 radical (unpaired) electrons. The summed E-state index contributed by atoms with van der Waals surface area (Å²) in [5.74, 6) is 0.456. The highest BCUT2D eigenvalue weighted by Gasteiger charge is 2.20. The second-order valence-electron chi connectivity index (χ2n) is 6.30. The van der Waals surface area contributed by atoms with Crippen LogP contribution in [0.3, 0.4) is 0 Å². The van der Waals surface area contributed by atoms with Crippen LogP contribution in [-0.4, -0.2) is 18.4 Å². The number of hydrogen-bond acceptors (Lipinski definition) is 5. The van der Waals surface area contributed by atoms with Gasteiger partial charge in [0.2, 0.25) is 0 Å². The van der Waals surface area contributed by atoms with Crippen LogP contribution in [0.2, 0.25) is 5.02 Å². The van der Waals surface area contributed by atoms with Gasteiger partial charge in [0.1, 0.15) is 17.5 Å². The number of aromatic nitrogens is 1. The lowest BCUT2D eigenvalue weighted by Gasteiger charge is -2.15. The molecule has 6 nitrogen and oxygen atoms in total. The first-order valence-corrected chi connectivity index (χ1v) is 9.14. The van der Waals surface area contributed by atoms with Crippen LogP contribution in [0.5, 0.6) is 0 Å². The molecule has 1 aromatic heterocycles. The van der Waals surface area contributed by atoms with Gasteiger partial charge in [0.25, 0.3) is 0 Å². The highest BCUT2D eigenvalue weighted by atomic mass is 35.5. The van der Waals surface area contributed by atoms with Crippen LogP contribution in [0, 0.1) is 6.92 Å². The molecule has 1 amide bonds. The number of anilines is 1. The highest BCUT2D eigenvalue weighted by molar-refractivity contribution is 6.31. The largest absolute Gasteiger partial charge is 0.441 e. The van der Waals surface area contributed by atoms with Crippen molar-refractivity contribution in [1.82, 2.24) is 5.16 Å². The van der Waals surface area contributed by atoms with Crippen LogP contribution in [0.25, 0.3) is 11.3 Å². The van der Waals surface area contributed by atoms with Gasteiger partial charge >= 0.3 is 6.09 Å². The Labute approximate surface area is 168 Å². The average molecular weight is 401 g/mol. The van der Waals surface area contributed by atoms with Crippen molar-refractivity contribution in [3.63, 3.8) is 0 Å². The molecule has 3 rings (SSSR count). The Bertz CT molecular complexity index is 971. The van der Waals surface area contributed by atoms with Crippen molar-refractivity contribution in [2.75, 3.05) is 12.4 Å². The van der Waals surface area contributed by atoms with E-state index in [0.29, 0.717) is 28.8 Å². The summed E-state index contributed by atoms with van der Waals surface area (Å²) < 4.78 is 16.1. The summed E-state index contributed by atoms with van der Waals surface area (Å²) in [5.41, 5.74) is 3.51. The number of carbonyl (C=O) groups excluding carboxylic acids is 1. The number of nitrogens with zero attached hydrogens (tertiary/aromatic N) is 1. The third-order valence-corrected chi connectivity index (χ3v) is 4.56. The molecule has 1 atom stereocenters. The van der Waals surface area contributed by atoms with Gasteiger partial charge in [0, 0.05) is 23.3 Å². The van der Waals surface area contributed by atoms with Crippen molar-refractivity contribution in [1.29, 1.82) is 0 Å². The Morgan fingerprint density at radius 3 is 2.79 bits per heavy atom. The minimum atomic E-state index is -0.618. The van der Waals surface area contributed by atoms with Crippen LogP contribution in [0.4, 0.5) is 10.5 Å². The smallest absolute Gasteiger partial charge is 0.412 e. The lowest BCUT2D eigenvalue weighted by atomic mass is 10.1. The van der Waals surface area contributed by atoms with Gasteiger partial charge in [-0.25, -0.2) is 4.79 Å². The maximum atomic E-state index is 12.4. The van der Waals surface area contributed by atoms with Gasteiger partial charge in [-0.05, 0) is 31.5 Å². The first-order chi connectivity index (χ1) is 13.5. The molecule has 0 saturated heterocycles. The number of hydrogen-bond donors (Lipinski definition) is 1. The van der Waals surface area contributed by atoms with Crippen molar-refractivity contribution >= 4 is 23.4 Å². The molecule has 28 heavy (non-hydrogen) atoms. The molecule has 3 aromatic rings. The SMILES string of the molecule is COCc1cccc(-c2onc(C)c2NC(=O)OC(C)c2ccccc2Cl)c1. The fourth-order valence-corrected chi connectivity index (χ4v) is 3.13. The number of methoxy groups -OCH3 is 1. The number of amides is 1. The number of halogens is 1. The first-order valence-electron chi connectivity index (χ1n) is 8.76. The summed E-state index contributed by atoms with van der Waals surface area (Å²) in [7, 11) is 1.63. The summed E-state index contributed by atoms with van der Waals surface area (Å²) in [6, 6.07) is 14.9. The third-order valence-electron chi connectivity index (χ3n) is 4.22. The van der Waals surface area contributed by atoms with Crippen molar-refractivity contribution in [3.8, 4) is 11.3 Å². The number of rotatable bonds is 6. The van der Waals surface area contributed by atoms with E-state index in [9.17, 15) is 4.79 Å². The maximum absolute atomic E-state index is 12.4. The lowest BCUT2D eigenvalue weighted by molar-refractivity contribution is 0.121. The zero-order valence-electron chi connectivity index (χ0n) is 15.9. The monoisotopic (exact) mass is 400 g/mol. The Hall–Kier alpha value is -2.83.